The van der Waals surface area contributed by atoms with E-state index >= 15 is 0 Å². The van der Waals surface area contributed by atoms with Crippen molar-refractivity contribution < 1.29 is 14.7 Å². The van der Waals surface area contributed by atoms with Gasteiger partial charge in [0, 0.05) is 5.69 Å². The van der Waals surface area contributed by atoms with E-state index in [2.05, 4.69) is 15.6 Å². The van der Waals surface area contributed by atoms with Gasteiger partial charge in [0.25, 0.3) is 0 Å². The molecule has 0 atom stereocenters. The van der Waals surface area contributed by atoms with Gasteiger partial charge in [0.2, 0.25) is 5.91 Å². The van der Waals surface area contributed by atoms with Gasteiger partial charge < -0.3 is 10.4 Å². The van der Waals surface area contributed by atoms with Crippen molar-refractivity contribution in [3.05, 3.63) is 41.7 Å². The van der Waals surface area contributed by atoms with Gasteiger partial charge in [0.05, 0.1) is 18.3 Å². The minimum absolute atomic E-state index is 0.0729. The Morgan fingerprint density at radius 2 is 2.20 bits per heavy atom. The number of benzene rings is 1. The number of aliphatic carboxylic acids is 1. The first kappa shape index (κ1) is 13.7. The summed E-state index contributed by atoms with van der Waals surface area (Å²) in [5.41, 5.74) is 2.11. The lowest BCUT2D eigenvalue weighted by Gasteiger charge is -2.07. The van der Waals surface area contributed by atoms with Gasteiger partial charge >= 0.3 is 5.97 Å². The first-order valence-corrected chi connectivity index (χ1v) is 6.00. The predicted octanol–water partition coefficient (Wildman–Crippen LogP) is 0.852. The van der Waals surface area contributed by atoms with Crippen molar-refractivity contribution in [3.63, 3.8) is 0 Å². The molecule has 0 unspecified atom stereocenters. The molecule has 0 saturated carbocycles. The van der Waals surface area contributed by atoms with Gasteiger partial charge in [-0.05, 0) is 24.6 Å². The van der Waals surface area contributed by atoms with Crippen LogP contribution in [0.3, 0.4) is 0 Å². The molecule has 0 bridgehead atoms. The Morgan fingerprint density at radius 3 is 2.90 bits per heavy atom. The molecule has 0 aliphatic rings. The monoisotopic (exact) mass is 274 g/mol. The zero-order valence-electron chi connectivity index (χ0n) is 10.9. The number of hydrogen-bond donors (Lipinski definition) is 2. The van der Waals surface area contributed by atoms with Crippen molar-refractivity contribution in [3.8, 4) is 0 Å². The molecule has 2 rings (SSSR count). The average Bonchev–Trinajstić information content (AvgIpc) is 2.75. The third-order valence-corrected chi connectivity index (χ3v) is 2.63. The molecule has 0 aliphatic carbocycles. The summed E-state index contributed by atoms with van der Waals surface area (Å²) in [7, 11) is 0. The lowest BCUT2D eigenvalue weighted by molar-refractivity contribution is -0.136. The molecule has 104 valence electrons. The lowest BCUT2D eigenvalue weighted by Crippen LogP contribution is -2.21. The topological polar surface area (TPSA) is 97.1 Å². The SMILES string of the molecule is Cc1cccc(NC(=O)Cn2nncc2CC(=O)O)c1. The fourth-order valence-electron chi connectivity index (χ4n) is 1.76. The Hall–Kier alpha value is -2.70. The molecule has 1 aromatic carbocycles. The summed E-state index contributed by atoms with van der Waals surface area (Å²) in [5, 5.41) is 18.8. The number of hydrogen-bond acceptors (Lipinski definition) is 4. The summed E-state index contributed by atoms with van der Waals surface area (Å²) in [4.78, 5) is 22.5. The molecule has 7 nitrogen and oxygen atoms in total. The molecular formula is C13H14N4O3. The van der Waals surface area contributed by atoms with Crippen LogP contribution in [0, 0.1) is 6.92 Å². The van der Waals surface area contributed by atoms with E-state index in [0.717, 1.165) is 5.56 Å². The smallest absolute Gasteiger partial charge is 0.309 e. The predicted molar refractivity (Wildman–Crippen MR) is 71.2 cm³/mol. The van der Waals surface area contributed by atoms with Crippen molar-refractivity contribution in [2.75, 3.05) is 5.32 Å². The first-order valence-electron chi connectivity index (χ1n) is 6.00. The minimum Gasteiger partial charge on any atom is -0.481 e. The van der Waals surface area contributed by atoms with Crippen LogP contribution in [-0.2, 0) is 22.6 Å². The van der Waals surface area contributed by atoms with E-state index in [1.165, 1.54) is 10.9 Å². The van der Waals surface area contributed by atoms with Crippen molar-refractivity contribution in [2.24, 2.45) is 0 Å². The van der Waals surface area contributed by atoms with Crippen molar-refractivity contribution in [1.82, 2.24) is 15.0 Å². The first-order chi connectivity index (χ1) is 9.54. The quantitative estimate of drug-likeness (QED) is 0.842. The summed E-state index contributed by atoms with van der Waals surface area (Å²) >= 11 is 0. The van der Waals surface area contributed by atoms with E-state index in [9.17, 15) is 9.59 Å². The minimum atomic E-state index is -0.993. The van der Waals surface area contributed by atoms with Gasteiger partial charge in [0.1, 0.15) is 6.54 Å². The number of carboxylic acids is 1. The molecule has 2 aromatic rings. The van der Waals surface area contributed by atoms with Crippen LogP contribution in [0.15, 0.2) is 30.5 Å². The summed E-state index contributed by atoms with van der Waals surface area (Å²) in [6.07, 6.45) is 1.12. The Balaban J connectivity index is 2.01. The number of nitrogens with zero attached hydrogens (tertiary/aromatic N) is 3. The van der Waals surface area contributed by atoms with E-state index in [1.54, 1.807) is 6.07 Å². The normalized spacial score (nSPS) is 10.2. The van der Waals surface area contributed by atoms with Crippen LogP contribution in [0.25, 0.3) is 0 Å². The second-order valence-corrected chi connectivity index (χ2v) is 4.37. The van der Waals surface area contributed by atoms with E-state index < -0.39 is 5.97 Å². The zero-order chi connectivity index (χ0) is 14.5. The van der Waals surface area contributed by atoms with Gasteiger partial charge in [-0.3, -0.25) is 9.59 Å². The Bertz CT molecular complexity index is 636. The number of amides is 1. The molecule has 20 heavy (non-hydrogen) atoms. The van der Waals surface area contributed by atoms with Gasteiger partial charge in [-0.1, -0.05) is 17.3 Å². The van der Waals surface area contributed by atoms with Crippen molar-refractivity contribution in [1.29, 1.82) is 0 Å². The summed E-state index contributed by atoms with van der Waals surface area (Å²) in [6.45, 7) is 1.86. The summed E-state index contributed by atoms with van der Waals surface area (Å²) < 4.78 is 1.28. The lowest BCUT2D eigenvalue weighted by atomic mass is 10.2. The molecular weight excluding hydrogens is 260 g/mol. The highest BCUT2D eigenvalue weighted by Crippen LogP contribution is 2.09. The number of nitrogens with one attached hydrogen (secondary N) is 1. The number of carbonyl (C=O) groups excluding carboxylic acids is 1. The van der Waals surface area contributed by atoms with Crippen LogP contribution >= 0.6 is 0 Å². The van der Waals surface area contributed by atoms with Crippen molar-refractivity contribution >= 4 is 17.6 Å². The number of aryl methyl sites for hydroxylation is 1. The summed E-state index contributed by atoms with van der Waals surface area (Å²) in [6, 6.07) is 7.40. The molecule has 0 spiro atoms. The van der Waals surface area contributed by atoms with Crippen LogP contribution in [0.5, 0.6) is 0 Å². The second-order valence-electron chi connectivity index (χ2n) is 4.37. The maximum atomic E-state index is 11.9. The number of carboxylic acid groups (broad SMARTS) is 1. The van der Waals surface area contributed by atoms with Crippen LogP contribution in [0.1, 0.15) is 11.3 Å². The number of anilines is 1. The third kappa shape index (κ3) is 3.64. The van der Waals surface area contributed by atoms with Gasteiger partial charge in [0.15, 0.2) is 0 Å². The molecule has 0 saturated heterocycles. The molecule has 0 fully saturated rings. The molecule has 1 heterocycles. The van der Waals surface area contributed by atoms with E-state index in [1.807, 2.05) is 25.1 Å². The van der Waals surface area contributed by atoms with E-state index in [4.69, 9.17) is 5.11 Å². The largest absolute Gasteiger partial charge is 0.481 e. The molecule has 2 N–H and O–H groups in total. The van der Waals surface area contributed by atoms with Crippen LogP contribution in [0.4, 0.5) is 5.69 Å². The second kappa shape index (κ2) is 5.96. The number of carbonyl (C=O) groups is 2. The maximum Gasteiger partial charge on any atom is 0.309 e. The van der Waals surface area contributed by atoms with E-state index in [0.29, 0.717) is 11.4 Å². The summed E-state index contributed by atoms with van der Waals surface area (Å²) in [5.74, 6) is -1.28. The van der Waals surface area contributed by atoms with Crippen LogP contribution in [0.2, 0.25) is 0 Å². The highest BCUT2D eigenvalue weighted by atomic mass is 16.4. The highest BCUT2D eigenvalue weighted by Gasteiger charge is 2.11. The van der Waals surface area contributed by atoms with Gasteiger partial charge in [-0.15, -0.1) is 5.10 Å². The average molecular weight is 274 g/mol. The van der Waals surface area contributed by atoms with Crippen molar-refractivity contribution in [2.45, 2.75) is 19.9 Å². The standard InChI is InChI=1S/C13H14N4O3/c1-9-3-2-4-10(5-9)15-12(18)8-17-11(6-13(19)20)7-14-16-17/h2-5,7H,6,8H2,1H3,(H,15,18)(H,19,20). The Kier molecular flexibility index (Phi) is 4.09. The third-order valence-electron chi connectivity index (χ3n) is 2.63. The molecule has 1 aromatic heterocycles. The number of rotatable bonds is 5. The Labute approximate surface area is 115 Å². The Morgan fingerprint density at radius 1 is 1.40 bits per heavy atom. The highest BCUT2D eigenvalue weighted by molar-refractivity contribution is 5.90. The van der Waals surface area contributed by atoms with Crippen LogP contribution in [-0.4, -0.2) is 32.0 Å². The molecule has 1 amide bonds. The fourth-order valence-corrected chi connectivity index (χ4v) is 1.76. The number of aromatic nitrogens is 3. The van der Waals surface area contributed by atoms with Crippen LogP contribution < -0.4 is 5.32 Å². The molecule has 0 radical (unpaired) electrons. The molecule has 7 heteroatoms. The maximum absolute atomic E-state index is 11.9. The zero-order valence-corrected chi connectivity index (χ0v) is 10.9. The molecule has 0 aliphatic heterocycles. The van der Waals surface area contributed by atoms with E-state index in [-0.39, 0.29) is 18.9 Å². The van der Waals surface area contributed by atoms with Gasteiger partial charge in [-0.25, -0.2) is 4.68 Å². The fraction of sp³-hybridized carbons (Fsp3) is 0.231. The van der Waals surface area contributed by atoms with Gasteiger partial charge in [-0.2, -0.15) is 0 Å².